The van der Waals surface area contributed by atoms with E-state index in [2.05, 4.69) is 15.3 Å². The summed E-state index contributed by atoms with van der Waals surface area (Å²) in [6.07, 6.45) is -0.660. The van der Waals surface area contributed by atoms with E-state index in [0.29, 0.717) is 0 Å². The van der Waals surface area contributed by atoms with Crippen LogP contribution in [0.5, 0.6) is 11.6 Å². The molecule has 0 fully saturated rings. The highest BCUT2D eigenvalue weighted by molar-refractivity contribution is 5.91. The lowest BCUT2D eigenvalue weighted by atomic mass is 10.0. The third-order valence-electron chi connectivity index (χ3n) is 3.80. The van der Waals surface area contributed by atoms with Gasteiger partial charge in [0.25, 0.3) is 5.88 Å². The normalized spacial score (nSPS) is 10.8. The summed E-state index contributed by atoms with van der Waals surface area (Å²) < 4.78 is 20.3. The first-order valence-corrected chi connectivity index (χ1v) is 8.40. The molecule has 0 spiro atoms. The predicted octanol–water partition coefficient (Wildman–Crippen LogP) is 2.44. The topological polar surface area (TPSA) is 109 Å². The van der Waals surface area contributed by atoms with Crippen LogP contribution in [0.1, 0.15) is 35.7 Å². The Labute approximate surface area is 163 Å². The summed E-state index contributed by atoms with van der Waals surface area (Å²) in [6, 6.07) is 9.27. The van der Waals surface area contributed by atoms with Gasteiger partial charge >= 0.3 is 12.1 Å². The number of amides is 1. The fourth-order valence-electron chi connectivity index (χ4n) is 2.34. The molecule has 2 aromatic rings. The SMILES string of the molecule is COC(=O)c1nc(C(C)(C)NC(=O)OCc2ccccc2)nc(OC)c1OC. The highest BCUT2D eigenvalue weighted by Crippen LogP contribution is 2.31. The van der Waals surface area contributed by atoms with E-state index in [4.69, 9.17) is 18.9 Å². The Bertz CT molecular complexity index is 839. The van der Waals surface area contributed by atoms with Crippen molar-refractivity contribution in [3.8, 4) is 11.6 Å². The minimum Gasteiger partial charge on any atom is -0.489 e. The first-order chi connectivity index (χ1) is 13.3. The number of ether oxygens (including phenoxy) is 4. The summed E-state index contributed by atoms with van der Waals surface area (Å²) in [5.41, 5.74) is -0.332. The van der Waals surface area contributed by atoms with Crippen LogP contribution < -0.4 is 14.8 Å². The summed E-state index contributed by atoms with van der Waals surface area (Å²) in [7, 11) is 3.96. The fourth-order valence-corrected chi connectivity index (χ4v) is 2.34. The molecule has 0 aliphatic rings. The smallest absolute Gasteiger partial charge is 0.408 e. The van der Waals surface area contributed by atoms with Crippen molar-refractivity contribution in [1.82, 2.24) is 15.3 Å². The molecule has 28 heavy (non-hydrogen) atoms. The second-order valence-electron chi connectivity index (χ2n) is 6.24. The van der Waals surface area contributed by atoms with E-state index in [1.807, 2.05) is 30.3 Å². The largest absolute Gasteiger partial charge is 0.489 e. The van der Waals surface area contributed by atoms with Gasteiger partial charge in [-0.25, -0.2) is 14.6 Å². The quantitative estimate of drug-likeness (QED) is 0.719. The van der Waals surface area contributed by atoms with E-state index in [0.717, 1.165) is 5.56 Å². The zero-order valence-corrected chi connectivity index (χ0v) is 16.4. The van der Waals surface area contributed by atoms with Gasteiger partial charge in [-0.1, -0.05) is 30.3 Å². The van der Waals surface area contributed by atoms with Crippen LogP contribution in [0.25, 0.3) is 0 Å². The maximum Gasteiger partial charge on any atom is 0.408 e. The van der Waals surface area contributed by atoms with Crippen LogP contribution in [0.2, 0.25) is 0 Å². The summed E-state index contributed by atoms with van der Waals surface area (Å²) >= 11 is 0. The molecule has 0 unspecified atom stereocenters. The average Bonchev–Trinajstić information content (AvgIpc) is 2.70. The molecular formula is C19H23N3O6. The van der Waals surface area contributed by atoms with Crippen molar-refractivity contribution in [3.63, 3.8) is 0 Å². The third kappa shape index (κ3) is 4.87. The third-order valence-corrected chi connectivity index (χ3v) is 3.80. The standard InChI is InChI=1S/C19H23N3O6/c1-19(2,22-18(24)28-11-12-9-7-6-8-10-12)17-20-13(16(23)27-5)14(25-3)15(21-17)26-4/h6-10H,11H2,1-5H3,(H,22,24). The van der Waals surface area contributed by atoms with Gasteiger partial charge in [-0.15, -0.1) is 0 Å². The van der Waals surface area contributed by atoms with Gasteiger partial charge in [0.05, 0.1) is 26.9 Å². The molecule has 1 aromatic carbocycles. The number of hydrogen-bond donors (Lipinski definition) is 1. The van der Waals surface area contributed by atoms with Gasteiger partial charge < -0.3 is 24.3 Å². The first-order valence-electron chi connectivity index (χ1n) is 8.40. The number of benzene rings is 1. The zero-order valence-electron chi connectivity index (χ0n) is 16.4. The van der Waals surface area contributed by atoms with Crippen LogP contribution in [0.15, 0.2) is 30.3 Å². The van der Waals surface area contributed by atoms with E-state index >= 15 is 0 Å². The molecule has 0 atom stereocenters. The van der Waals surface area contributed by atoms with Gasteiger partial charge in [0.15, 0.2) is 11.5 Å². The first kappa shape index (κ1) is 20.9. The molecule has 0 aliphatic carbocycles. The monoisotopic (exact) mass is 389 g/mol. The van der Waals surface area contributed by atoms with Crippen LogP contribution >= 0.6 is 0 Å². The lowest BCUT2D eigenvalue weighted by Gasteiger charge is -2.25. The number of aromatic nitrogens is 2. The highest BCUT2D eigenvalue weighted by Gasteiger charge is 2.32. The molecule has 0 saturated carbocycles. The van der Waals surface area contributed by atoms with E-state index < -0.39 is 17.6 Å². The lowest BCUT2D eigenvalue weighted by molar-refractivity contribution is 0.0587. The second kappa shape index (κ2) is 9.03. The Kier molecular flexibility index (Phi) is 6.75. The predicted molar refractivity (Wildman–Crippen MR) is 99.3 cm³/mol. The van der Waals surface area contributed by atoms with Crippen molar-refractivity contribution in [2.45, 2.75) is 26.0 Å². The fraction of sp³-hybridized carbons (Fsp3) is 0.368. The van der Waals surface area contributed by atoms with Gasteiger partial charge in [-0.2, -0.15) is 4.98 Å². The number of esters is 1. The van der Waals surface area contributed by atoms with Crippen molar-refractivity contribution in [1.29, 1.82) is 0 Å². The van der Waals surface area contributed by atoms with Crippen LogP contribution in [0.4, 0.5) is 4.79 Å². The van der Waals surface area contributed by atoms with Crippen molar-refractivity contribution in [3.05, 3.63) is 47.4 Å². The van der Waals surface area contributed by atoms with Gasteiger partial charge in [0.1, 0.15) is 6.61 Å². The number of carbonyl (C=O) groups is 2. The highest BCUT2D eigenvalue weighted by atomic mass is 16.5. The Morgan fingerprint density at radius 1 is 1.04 bits per heavy atom. The van der Waals surface area contributed by atoms with E-state index in [1.165, 1.54) is 21.3 Å². The Hall–Kier alpha value is -3.36. The van der Waals surface area contributed by atoms with E-state index in [-0.39, 0.29) is 29.8 Å². The molecule has 1 N–H and O–H groups in total. The molecule has 0 radical (unpaired) electrons. The molecule has 1 amide bonds. The molecule has 0 saturated heterocycles. The maximum absolute atomic E-state index is 12.2. The molecule has 9 heteroatoms. The molecular weight excluding hydrogens is 366 g/mol. The van der Waals surface area contributed by atoms with Gasteiger partial charge in [-0.05, 0) is 19.4 Å². The Morgan fingerprint density at radius 2 is 1.71 bits per heavy atom. The molecule has 150 valence electrons. The molecule has 1 aromatic heterocycles. The van der Waals surface area contributed by atoms with Crippen molar-refractivity contribution >= 4 is 12.1 Å². The summed E-state index contributed by atoms with van der Waals surface area (Å²) in [5, 5.41) is 2.68. The van der Waals surface area contributed by atoms with Gasteiger partial charge in [0.2, 0.25) is 5.75 Å². The van der Waals surface area contributed by atoms with Crippen LogP contribution in [-0.4, -0.2) is 43.4 Å². The summed E-state index contributed by atoms with van der Waals surface area (Å²) in [5.74, 6) is -0.510. The van der Waals surface area contributed by atoms with Gasteiger partial charge in [0, 0.05) is 0 Å². The van der Waals surface area contributed by atoms with Crippen LogP contribution in [0.3, 0.4) is 0 Å². The van der Waals surface area contributed by atoms with E-state index in [1.54, 1.807) is 13.8 Å². The summed E-state index contributed by atoms with van der Waals surface area (Å²) in [6.45, 7) is 3.45. The molecule has 1 heterocycles. The van der Waals surface area contributed by atoms with Crippen molar-refractivity contribution in [2.75, 3.05) is 21.3 Å². The summed E-state index contributed by atoms with van der Waals surface area (Å²) in [4.78, 5) is 32.7. The minimum atomic E-state index is -1.07. The minimum absolute atomic E-state index is 0.0421. The number of alkyl carbamates (subject to hydrolysis) is 1. The van der Waals surface area contributed by atoms with Crippen molar-refractivity contribution < 1.29 is 28.5 Å². The molecule has 9 nitrogen and oxygen atoms in total. The van der Waals surface area contributed by atoms with Crippen LogP contribution in [0, 0.1) is 0 Å². The number of nitrogens with zero attached hydrogens (tertiary/aromatic N) is 2. The molecule has 2 rings (SSSR count). The number of nitrogens with one attached hydrogen (secondary N) is 1. The second-order valence-corrected chi connectivity index (χ2v) is 6.24. The van der Waals surface area contributed by atoms with Crippen molar-refractivity contribution in [2.24, 2.45) is 0 Å². The lowest BCUT2D eigenvalue weighted by Crippen LogP contribution is -2.43. The molecule has 0 aliphatic heterocycles. The average molecular weight is 389 g/mol. The number of methoxy groups -OCH3 is 3. The molecule has 0 bridgehead atoms. The number of hydrogen-bond acceptors (Lipinski definition) is 8. The Morgan fingerprint density at radius 3 is 2.29 bits per heavy atom. The Balaban J connectivity index is 2.23. The number of rotatable bonds is 7. The van der Waals surface area contributed by atoms with Gasteiger partial charge in [-0.3, -0.25) is 0 Å². The number of carbonyl (C=O) groups excluding carboxylic acids is 2. The zero-order chi connectivity index (χ0) is 20.7. The van der Waals surface area contributed by atoms with Crippen LogP contribution in [-0.2, 0) is 21.6 Å². The maximum atomic E-state index is 12.2. The van der Waals surface area contributed by atoms with E-state index in [9.17, 15) is 9.59 Å².